The molecule has 2 aromatic rings. The summed E-state index contributed by atoms with van der Waals surface area (Å²) >= 11 is 3.66. The van der Waals surface area contributed by atoms with E-state index in [4.69, 9.17) is 0 Å². The Bertz CT molecular complexity index is 520. The topological polar surface area (TPSA) is 24.9 Å². The van der Waals surface area contributed by atoms with E-state index >= 15 is 0 Å². The van der Waals surface area contributed by atoms with Gasteiger partial charge in [0.15, 0.2) is 0 Å². The number of benzene rings is 1. The van der Waals surface area contributed by atoms with Crippen molar-refractivity contribution in [2.75, 3.05) is 0 Å². The van der Waals surface area contributed by atoms with Crippen LogP contribution in [-0.2, 0) is 12.3 Å². The summed E-state index contributed by atoms with van der Waals surface area (Å²) < 4.78 is 0. The number of hydrogen-bond acceptors (Lipinski definition) is 4. The van der Waals surface area contributed by atoms with E-state index in [2.05, 4.69) is 55.3 Å². The van der Waals surface area contributed by atoms with Gasteiger partial charge < -0.3 is 5.32 Å². The van der Waals surface area contributed by atoms with Crippen molar-refractivity contribution in [3.63, 3.8) is 0 Å². The van der Waals surface area contributed by atoms with Gasteiger partial charge in [0.05, 0.1) is 5.75 Å². The lowest BCUT2D eigenvalue weighted by Crippen LogP contribution is -2.21. The van der Waals surface area contributed by atoms with Crippen LogP contribution >= 0.6 is 23.1 Å². The van der Waals surface area contributed by atoms with Crippen molar-refractivity contribution in [3.05, 3.63) is 45.9 Å². The lowest BCUT2D eigenvalue weighted by molar-refractivity contribution is 0.593. The lowest BCUT2D eigenvalue weighted by Gasteiger charge is -2.04. The van der Waals surface area contributed by atoms with Gasteiger partial charge in [-0.05, 0) is 19.1 Å². The van der Waals surface area contributed by atoms with Crippen molar-refractivity contribution in [2.24, 2.45) is 0 Å². The van der Waals surface area contributed by atoms with E-state index in [0.29, 0.717) is 6.04 Å². The monoisotopic (exact) mass is 292 g/mol. The second-order valence-corrected chi connectivity index (χ2v) is 7.11. The second-order valence-electron chi connectivity index (χ2n) is 4.86. The highest BCUT2D eigenvalue weighted by molar-refractivity contribution is 7.98. The Kier molecular flexibility index (Phi) is 5.43. The van der Waals surface area contributed by atoms with E-state index in [9.17, 15) is 0 Å². The van der Waals surface area contributed by atoms with Crippen LogP contribution < -0.4 is 5.32 Å². The minimum absolute atomic E-state index is 0.521. The summed E-state index contributed by atoms with van der Waals surface area (Å²) in [5.74, 6) is 0.954. The van der Waals surface area contributed by atoms with Crippen LogP contribution in [0.5, 0.6) is 0 Å². The number of rotatable bonds is 6. The Hall–Kier alpha value is -0.840. The van der Waals surface area contributed by atoms with Crippen molar-refractivity contribution in [2.45, 2.75) is 44.0 Å². The van der Waals surface area contributed by atoms with Gasteiger partial charge in [0.25, 0.3) is 0 Å². The zero-order chi connectivity index (χ0) is 13.7. The first-order valence-electron chi connectivity index (χ1n) is 6.50. The van der Waals surface area contributed by atoms with Crippen LogP contribution in [-0.4, -0.2) is 11.0 Å². The molecule has 0 unspecified atom stereocenters. The van der Waals surface area contributed by atoms with Gasteiger partial charge in [-0.15, -0.1) is 23.1 Å². The molecule has 1 aromatic heterocycles. The number of hydrogen-bond donors (Lipinski definition) is 1. The minimum Gasteiger partial charge on any atom is -0.310 e. The van der Waals surface area contributed by atoms with Crippen molar-refractivity contribution >= 4 is 23.1 Å². The van der Waals surface area contributed by atoms with Crippen molar-refractivity contribution in [3.8, 4) is 0 Å². The summed E-state index contributed by atoms with van der Waals surface area (Å²) in [4.78, 5) is 7.12. The van der Waals surface area contributed by atoms with Gasteiger partial charge in [0, 0.05) is 28.6 Å². The number of nitrogens with one attached hydrogen (secondary N) is 1. The number of aryl methyl sites for hydroxylation is 1. The Labute approximate surface area is 123 Å². The Morgan fingerprint density at radius 2 is 2.21 bits per heavy atom. The molecule has 0 radical (unpaired) electrons. The Morgan fingerprint density at radius 1 is 1.37 bits per heavy atom. The average molecular weight is 292 g/mol. The molecular formula is C15H20N2S2. The maximum absolute atomic E-state index is 4.49. The first-order chi connectivity index (χ1) is 9.13. The van der Waals surface area contributed by atoms with Gasteiger partial charge in [-0.1, -0.05) is 31.5 Å². The van der Waals surface area contributed by atoms with E-state index < -0.39 is 0 Å². The number of aromatic nitrogens is 1. The summed E-state index contributed by atoms with van der Waals surface area (Å²) in [6.45, 7) is 7.37. The smallest absolute Gasteiger partial charge is 0.103 e. The summed E-state index contributed by atoms with van der Waals surface area (Å²) in [5.41, 5.74) is 1.31. The van der Waals surface area contributed by atoms with Crippen LogP contribution in [0.1, 0.15) is 29.3 Å². The molecule has 0 saturated carbocycles. The summed E-state index contributed by atoms with van der Waals surface area (Å²) in [7, 11) is 0. The molecule has 0 spiro atoms. The highest BCUT2D eigenvalue weighted by atomic mass is 32.2. The van der Waals surface area contributed by atoms with E-state index in [1.165, 1.54) is 20.3 Å². The molecule has 0 aliphatic heterocycles. The summed E-state index contributed by atoms with van der Waals surface area (Å²) in [6, 6.07) is 9.14. The first-order valence-corrected chi connectivity index (χ1v) is 8.30. The third kappa shape index (κ3) is 4.97. The summed E-state index contributed by atoms with van der Waals surface area (Å²) in [6.07, 6.45) is 1.99. The Morgan fingerprint density at radius 3 is 2.95 bits per heavy atom. The average Bonchev–Trinajstić information content (AvgIpc) is 2.82. The lowest BCUT2D eigenvalue weighted by atomic mass is 10.2. The van der Waals surface area contributed by atoms with Gasteiger partial charge >= 0.3 is 0 Å². The highest BCUT2D eigenvalue weighted by Crippen LogP contribution is 2.25. The predicted molar refractivity (Wildman–Crippen MR) is 84.8 cm³/mol. The van der Waals surface area contributed by atoms with Crippen molar-refractivity contribution < 1.29 is 0 Å². The van der Waals surface area contributed by atoms with Crippen LogP contribution in [0.25, 0.3) is 0 Å². The molecule has 0 fully saturated rings. The second kappa shape index (κ2) is 7.08. The molecule has 1 aromatic carbocycles. The molecule has 2 rings (SSSR count). The third-order valence-electron chi connectivity index (χ3n) is 2.64. The van der Waals surface area contributed by atoms with Crippen LogP contribution in [0, 0.1) is 6.92 Å². The number of thiazole rings is 1. The van der Waals surface area contributed by atoms with E-state index in [1.54, 1.807) is 11.3 Å². The SMILES string of the molecule is Cc1cccc(SCc2ncc(CNC(C)C)s2)c1. The van der Waals surface area contributed by atoms with Crippen LogP contribution in [0.2, 0.25) is 0 Å². The van der Waals surface area contributed by atoms with Gasteiger partial charge in [0.1, 0.15) is 5.01 Å². The molecule has 0 aliphatic carbocycles. The van der Waals surface area contributed by atoms with E-state index in [0.717, 1.165) is 12.3 Å². The van der Waals surface area contributed by atoms with E-state index in [1.807, 2.05) is 18.0 Å². The van der Waals surface area contributed by atoms with Crippen molar-refractivity contribution in [1.29, 1.82) is 0 Å². The molecule has 0 amide bonds. The van der Waals surface area contributed by atoms with Crippen LogP contribution in [0.3, 0.4) is 0 Å². The quantitative estimate of drug-likeness (QED) is 0.806. The maximum atomic E-state index is 4.49. The minimum atomic E-state index is 0.521. The molecule has 0 atom stereocenters. The highest BCUT2D eigenvalue weighted by Gasteiger charge is 2.04. The summed E-state index contributed by atoms with van der Waals surface area (Å²) in [5, 5.41) is 4.62. The zero-order valence-corrected chi connectivity index (χ0v) is 13.3. The molecule has 4 heteroatoms. The zero-order valence-electron chi connectivity index (χ0n) is 11.6. The fourth-order valence-electron chi connectivity index (χ4n) is 1.65. The Balaban J connectivity index is 1.86. The molecule has 19 heavy (non-hydrogen) atoms. The standard InChI is InChI=1S/C15H20N2S2/c1-11(2)16-8-14-9-17-15(19-14)10-18-13-6-4-5-12(3)7-13/h4-7,9,11,16H,8,10H2,1-3H3. The molecule has 0 aliphatic rings. The van der Waals surface area contributed by atoms with Crippen LogP contribution in [0.15, 0.2) is 35.4 Å². The third-order valence-corrected chi connectivity index (χ3v) is 4.82. The van der Waals surface area contributed by atoms with Gasteiger partial charge in [-0.2, -0.15) is 0 Å². The normalized spacial score (nSPS) is 11.2. The van der Waals surface area contributed by atoms with Crippen LogP contribution in [0.4, 0.5) is 0 Å². The van der Waals surface area contributed by atoms with E-state index in [-0.39, 0.29) is 0 Å². The number of thioether (sulfide) groups is 1. The molecular weight excluding hydrogens is 272 g/mol. The molecule has 0 saturated heterocycles. The molecule has 2 nitrogen and oxygen atoms in total. The molecule has 1 N–H and O–H groups in total. The largest absolute Gasteiger partial charge is 0.310 e. The van der Waals surface area contributed by atoms with Gasteiger partial charge in [-0.25, -0.2) is 4.98 Å². The fourth-order valence-corrected chi connectivity index (χ4v) is 3.54. The molecule has 0 bridgehead atoms. The first kappa shape index (κ1) is 14.6. The molecule has 1 heterocycles. The molecule has 102 valence electrons. The number of nitrogens with zero attached hydrogens (tertiary/aromatic N) is 1. The van der Waals surface area contributed by atoms with Gasteiger partial charge in [-0.3, -0.25) is 0 Å². The maximum Gasteiger partial charge on any atom is 0.103 e. The van der Waals surface area contributed by atoms with Crippen molar-refractivity contribution in [1.82, 2.24) is 10.3 Å². The van der Waals surface area contributed by atoms with Gasteiger partial charge in [0.2, 0.25) is 0 Å². The fraction of sp³-hybridized carbons (Fsp3) is 0.400. The predicted octanol–water partition coefficient (Wildman–Crippen LogP) is 4.24.